The van der Waals surface area contributed by atoms with E-state index in [2.05, 4.69) is 10.3 Å². The molecular formula is C28H30F4N4O4S. The topological polar surface area (TPSA) is 99.2 Å². The molecule has 1 unspecified atom stereocenters. The second-order valence-electron chi connectivity index (χ2n) is 10.8. The number of likely N-dealkylation sites (tertiary alicyclic amines) is 1. The molecule has 1 atom stereocenters. The van der Waals surface area contributed by atoms with E-state index in [1.807, 2.05) is 0 Å². The number of nitrogens with one attached hydrogen (secondary N) is 1. The lowest BCUT2D eigenvalue weighted by atomic mass is 9.89. The van der Waals surface area contributed by atoms with Crippen LogP contribution < -0.4 is 5.32 Å². The Kier molecular flexibility index (Phi) is 7.70. The summed E-state index contributed by atoms with van der Waals surface area (Å²) in [6.07, 6.45) is -4.80. The fourth-order valence-electron chi connectivity index (χ4n) is 5.53. The zero-order valence-electron chi connectivity index (χ0n) is 22.4. The number of carbonyl (C=O) groups is 2. The van der Waals surface area contributed by atoms with E-state index in [0.717, 1.165) is 23.3 Å². The molecule has 2 saturated heterocycles. The van der Waals surface area contributed by atoms with Gasteiger partial charge in [0.2, 0.25) is 10.0 Å². The number of amidine groups is 1. The summed E-state index contributed by atoms with van der Waals surface area (Å²) < 4.78 is 80.5. The van der Waals surface area contributed by atoms with Crippen molar-refractivity contribution in [3.8, 4) is 0 Å². The molecule has 1 N–H and O–H groups in total. The summed E-state index contributed by atoms with van der Waals surface area (Å²) in [5.41, 5.74) is 0.0191. The Morgan fingerprint density at radius 1 is 1.12 bits per heavy atom. The smallest absolute Gasteiger partial charge is 0.336 e. The Labute approximate surface area is 235 Å². The highest BCUT2D eigenvalue weighted by atomic mass is 32.2. The number of hydrogen-bond acceptors (Lipinski definition) is 5. The van der Waals surface area contributed by atoms with Gasteiger partial charge in [-0.3, -0.25) is 14.6 Å². The Morgan fingerprint density at radius 3 is 2.49 bits per heavy atom. The fourth-order valence-corrected chi connectivity index (χ4v) is 7.01. The molecule has 3 heterocycles. The van der Waals surface area contributed by atoms with Crippen molar-refractivity contribution in [2.24, 2.45) is 4.99 Å². The predicted molar refractivity (Wildman–Crippen MR) is 144 cm³/mol. The molecule has 0 radical (unpaired) electrons. The van der Waals surface area contributed by atoms with Crippen molar-refractivity contribution in [3.05, 3.63) is 70.3 Å². The fraction of sp³-hybridized carbons (Fsp3) is 0.464. The first-order valence-corrected chi connectivity index (χ1v) is 15.0. The number of aryl methyl sites for hydroxylation is 2. The number of carbonyl (C=O) groups excluding carboxylic acids is 2. The molecule has 0 bridgehead atoms. The maximum atomic E-state index is 13.5. The Bertz CT molecular complexity index is 1500. The van der Waals surface area contributed by atoms with Crippen LogP contribution in [0.1, 0.15) is 51.9 Å². The summed E-state index contributed by atoms with van der Waals surface area (Å²) in [6.45, 7) is 2.34. The third-order valence-corrected chi connectivity index (χ3v) is 9.90. The highest BCUT2D eigenvalue weighted by Gasteiger charge is 2.47. The van der Waals surface area contributed by atoms with E-state index >= 15 is 0 Å². The molecular weight excluding hydrogens is 564 g/mol. The molecule has 0 aromatic heterocycles. The van der Waals surface area contributed by atoms with Crippen LogP contribution in [0.2, 0.25) is 0 Å². The monoisotopic (exact) mass is 594 g/mol. The number of amides is 2. The van der Waals surface area contributed by atoms with Crippen molar-refractivity contribution < 1.29 is 35.6 Å². The van der Waals surface area contributed by atoms with Crippen LogP contribution in [-0.4, -0.2) is 78.9 Å². The molecule has 2 fully saturated rings. The highest BCUT2D eigenvalue weighted by Crippen LogP contribution is 2.34. The second kappa shape index (κ2) is 10.8. The number of rotatable bonds is 6. The molecule has 3 aliphatic rings. The maximum absolute atomic E-state index is 13.5. The third kappa shape index (κ3) is 6.01. The van der Waals surface area contributed by atoms with Gasteiger partial charge in [-0.25, -0.2) is 17.1 Å². The Hall–Kier alpha value is -3.32. The lowest BCUT2D eigenvalue weighted by molar-refractivity contribution is -0.137. The van der Waals surface area contributed by atoms with E-state index in [-0.39, 0.29) is 62.0 Å². The number of aliphatic imine (C=N–C) groups is 1. The van der Waals surface area contributed by atoms with Crippen LogP contribution in [0.4, 0.5) is 17.6 Å². The van der Waals surface area contributed by atoms with E-state index in [9.17, 15) is 35.6 Å². The number of alkyl halides is 4. The first-order chi connectivity index (χ1) is 19.3. The minimum absolute atomic E-state index is 0.0454. The van der Waals surface area contributed by atoms with Crippen LogP contribution in [0.3, 0.4) is 0 Å². The predicted octanol–water partition coefficient (Wildman–Crippen LogP) is 3.48. The molecule has 2 aromatic carbocycles. The van der Waals surface area contributed by atoms with Crippen molar-refractivity contribution in [3.63, 3.8) is 0 Å². The van der Waals surface area contributed by atoms with Crippen molar-refractivity contribution >= 4 is 27.7 Å². The Morgan fingerprint density at radius 2 is 1.85 bits per heavy atom. The van der Waals surface area contributed by atoms with Crippen LogP contribution in [0.25, 0.3) is 0 Å². The molecule has 13 heteroatoms. The van der Waals surface area contributed by atoms with Crippen molar-refractivity contribution in [1.29, 1.82) is 0 Å². The van der Waals surface area contributed by atoms with Gasteiger partial charge in [-0.2, -0.15) is 13.2 Å². The number of nitrogens with zero attached hydrogens (tertiary/aromatic N) is 3. The molecule has 0 saturated carbocycles. The molecule has 1 spiro atoms. The largest absolute Gasteiger partial charge is 0.416 e. The van der Waals surface area contributed by atoms with Crippen molar-refractivity contribution in [2.45, 2.75) is 50.5 Å². The molecule has 0 aliphatic carbocycles. The molecule has 220 valence electrons. The van der Waals surface area contributed by atoms with Crippen LogP contribution in [0, 0.1) is 6.92 Å². The van der Waals surface area contributed by atoms with Gasteiger partial charge in [-0.1, -0.05) is 18.2 Å². The van der Waals surface area contributed by atoms with Crippen LogP contribution in [0.15, 0.2) is 47.5 Å². The summed E-state index contributed by atoms with van der Waals surface area (Å²) in [5.74, 6) is -0.828. The van der Waals surface area contributed by atoms with Crippen LogP contribution in [-0.2, 0) is 27.4 Å². The molecule has 8 nitrogen and oxygen atoms in total. The lowest BCUT2D eigenvalue weighted by Gasteiger charge is -2.34. The zero-order chi connectivity index (χ0) is 29.6. The van der Waals surface area contributed by atoms with Crippen molar-refractivity contribution in [2.75, 3.05) is 31.9 Å². The van der Waals surface area contributed by atoms with Crippen LogP contribution >= 0.6 is 0 Å². The summed E-state index contributed by atoms with van der Waals surface area (Å²) >= 11 is 0. The summed E-state index contributed by atoms with van der Waals surface area (Å²) in [5, 5.41) is 2.58. The van der Waals surface area contributed by atoms with Crippen LogP contribution in [0.5, 0.6) is 0 Å². The lowest BCUT2D eigenvalue weighted by Crippen LogP contribution is -2.50. The van der Waals surface area contributed by atoms with Gasteiger partial charge in [0.25, 0.3) is 11.8 Å². The van der Waals surface area contributed by atoms with Gasteiger partial charge in [0, 0.05) is 30.8 Å². The van der Waals surface area contributed by atoms with Crippen molar-refractivity contribution in [1.82, 2.24) is 14.5 Å². The molecule has 2 aromatic rings. The highest BCUT2D eigenvalue weighted by molar-refractivity contribution is 7.89. The van der Waals surface area contributed by atoms with Gasteiger partial charge >= 0.3 is 6.18 Å². The summed E-state index contributed by atoms with van der Waals surface area (Å²) in [4.78, 5) is 31.4. The quantitative estimate of drug-likeness (QED) is 0.518. The Balaban J connectivity index is 1.21. The van der Waals surface area contributed by atoms with E-state index in [0.29, 0.717) is 18.5 Å². The minimum atomic E-state index is -4.54. The van der Waals surface area contributed by atoms with Gasteiger partial charge in [-0.05, 0) is 68.0 Å². The third-order valence-electron chi connectivity index (χ3n) is 8.02. The SMILES string of the molecule is Cc1cc(C(=O)N2CCC(F)C2)ccc1CCS(=O)(=O)N1CCC2(CC1)N=C(c1cccc(C(F)(F)F)c1)NC2=O. The molecule has 5 rings (SSSR count). The number of piperidine rings is 1. The number of hydrogen-bond donors (Lipinski definition) is 1. The number of benzene rings is 2. The number of sulfonamides is 1. The maximum Gasteiger partial charge on any atom is 0.416 e. The van der Waals surface area contributed by atoms with E-state index < -0.39 is 39.4 Å². The second-order valence-corrected chi connectivity index (χ2v) is 12.9. The van der Waals surface area contributed by atoms with E-state index in [4.69, 9.17) is 0 Å². The normalized spacial score (nSPS) is 21.3. The van der Waals surface area contributed by atoms with E-state index in [1.165, 1.54) is 21.3 Å². The first kappa shape index (κ1) is 29.2. The van der Waals surface area contributed by atoms with Gasteiger partial charge in [0.15, 0.2) is 0 Å². The molecule has 41 heavy (non-hydrogen) atoms. The summed E-state index contributed by atoms with van der Waals surface area (Å²) in [6, 6.07) is 9.59. The van der Waals surface area contributed by atoms with Gasteiger partial charge in [0.1, 0.15) is 17.5 Å². The average Bonchev–Trinajstić information content (AvgIpc) is 3.50. The minimum Gasteiger partial charge on any atom is -0.336 e. The average molecular weight is 595 g/mol. The molecule has 3 aliphatic heterocycles. The van der Waals surface area contributed by atoms with Gasteiger partial charge in [0.05, 0.1) is 17.9 Å². The number of halogens is 4. The van der Waals surface area contributed by atoms with Gasteiger partial charge < -0.3 is 10.2 Å². The standard InChI is InChI=1S/C28H30F4N4O4S/c1-18-15-21(25(37)35-11-7-23(29)17-35)6-5-19(18)8-14-41(39,40)36-12-9-27(10-13-36)26(38)33-24(34-27)20-3-2-4-22(16-20)28(30,31)32/h2-6,15-16,23H,7-14,17H2,1H3,(H,33,34,38). The van der Waals surface area contributed by atoms with E-state index in [1.54, 1.807) is 25.1 Å². The first-order valence-electron chi connectivity index (χ1n) is 13.4. The zero-order valence-corrected chi connectivity index (χ0v) is 23.2. The summed E-state index contributed by atoms with van der Waals surface area (Å²) in [7, 11) is -3.68. The van der Waals surface area contributed by atoms with Gasteiger partial charge in [-0.15, -0.1) is 0 Å². The molecule has 2 amide bonds.